The van der Waals surface area contributed by atoms with Crippen molar-refractivity contribution in [3.05, 3.63) is 41.3 Å². The largest absolute Gasteiger partial charge is 0.335 e. The van der Waals surface area contributed by atoms with Crippen molar-refractivity contribution in [2.45, 2.75) is 32.6 Å². The molecule has 1 saturated carbocycles. The minimum Gasteiger partial charge on any atom is -0.335 e. The van der Waals surface area contributed by atoms with Crippen LogP contribution in [-0.2, 0) is 6.42 Å². The van der Waals surface area contributed by atoms with Gasteiger partial charge in [0.1, 0.15) is 0 Å². The predicted octanol–water partition coefficient (Wildman–Crippen LogP) is 3.53. The lowest BCUT2D eigenvalue weighted by Gasteiger charge is -2.04. The van der Waals surface area contributed by atoms with Gasteiger partial charge in [-0.2, -0.15) is 4.98 Å². The van der Waals surface area contributed by atoms with Crippen molar-refractivity contribution in [2.75, 3.05) is 0 Å². The van der Waals surface area contributed by atoms with Crippen LogP contribution in [0.1, 0.15) is 36.3 Å². The van der Waals surface area contributed by atoms with E-state index in [1.165, 1.54) is 6.92 Å². The zero-order valence-electron chi connectivity index (χ0n) is 11.8. The van der Waals surface area contributed by atoms with E-state index in [9.17, 15) is 8.78 Å². The van der Waals surface area contributed by atoms with Gasteiger partial charge in [-0.1, -0.05) is 18.1 Å². The van der Waals surface area contributed by atoms with Gasteiger partial charge in [0.2, 0.25) is 0 Å². The summed E-state index contributed by atoms with van der Waals surface area (Å²) in [5.74, 6) is -1.99. The van der Waals surface area contributed by atoms with Crippen LogP contribution in [0.3, 0.4) is 0 Å². The van der Waals surface area contributed by atoms with Gasteiger partial charge in [-0.3, -0.25) is 4.98 Å². The number of nitrogens with zero attached hydrogens (tertiary/aromatic N) is 3. The highest BCUT2D eigenvalue weighted by Gasteiger charge is 2.67. The summed E-state index contributed by atoms with van der Waals surface area (Å²) in [6.07, 6.45) is 5.20. The van der Waals surface area contributed by atoms with E-state index >= 15 is 0 Å². The van der Waals surface area contributed by atoms with Crippen molar-refractivity contribution in [2.24, 2.45) is 5.41 Å². The molecule has 0 aromatic carbocycles. The second kappa shape index (κ2) is 4.72. The Bertz CT molecular complexity index is 696. The van der Waals surface area contributed by atoms with E-state index in [-0.39, 0.29) is 12.8 Å². The van der Waals surface area contributed by atoms with Crippen molar-refractivity contribution in [3.8, 4) is 0 Å². The molecule has 0 radical (unpaired) electrons. The molecule has 21 heavy (non-hydrogen) atoms. The Balaban J connectivity index is 1.70. The summed E-state index contributed by atoms with van der Waals surface area (Å²) >= 11 is 0. The first-order valence-electron chi connectivity index (χ1n) is 6.70. The Hall–Kier alpha value is -2.11. The molecule has 3 rings (SSSR count). The van der Waals surface area contributed by atoms with Crippen LogP contribution < -0.4 is 0 Å². The number of rotatable bonds is 4. The van der Waals surface area contributed by atoms with Gasteiger partial charge in [-0.15, -0.1) is 0 Å². The number of pyridine rings is 1. The van der Waals surface area contributed by atoms with Crippen molar-refractivity contribution < 1.29 is 13.3 Å². The van der Waals surface area contributed by atoms with Crippen LogP contribution >= 0.6 is 0 Å². The fourth-order valence-corrected chi connectivity index (χ4v) is 2.23. The van der Waals surface area contributed by atoms with E-state index in [4.69, 9.17) is 4.52 Å². The second-order valence-electron chi connectivity index (χ2n) is 5.68. The van der Waals surface area contributed by atoms with E-state index in [1.807, 2.05) is 25.1 Å². The maximum absolute atomic E-state index is 13.2. The monoisotopic (exact) mass is 291 g/mol. The number of aryl methyl sites for hydroxylation is 1. The normalized spacial score (nSPS) is 23.6. The molecule has 0 spiro atoms. The fraction of sp³-hybridized carbons (Fsp3) is 0.400. The van der Waals surface area contributed by atoms with Gasteiger partial charge >= 0.3 is 0 Å². The highest BCUT2D eigenvalue weighted by Crippen LogP contribution is 2.61. The third-order valence-corrected chi connectivity index (χ3v) is 3.86. The first-order chi connectivity index (χ1) is 9.90. The first kappa shape index (κ1) is 13.9. The summed E-state index contributed by atoms with van der Waals surface area (Å²) in [4.78, 5) is 8.30. The first-order valence-corrected chi connectivity index (χ1v) is 6.70. The standard InChI is InChI=1S/C15H15F2N3O/c1-10-11(4-3-7-18-10)5-6-13-19-12(20-21-13)8-14(2)9-15(14,16)17/h3-7H,8-9H2,1-2H3/b6-5+. The van der Waals surface area contributed by atoms with Gasteiger partial charge in [0.15, 0.2) is 5.82 Å². The van der Waals surface area contributed by atoms with Gasteiger partial charge < -0.3 is 4.52 Å². The van der Waals surface area contributed by atoms with Crippen LogP contribution in [0.15, 0.2) is 22.9 Å². The molecular formula is C15H15F2N3O. The highest BCUT2D eigenvalue weighted by atomic mass is 19.3. The van der Waals surface area contributed by atoms with Crippen LogP contribution in [0.2, 0.25) is 0 Å². The fourth-order valence-electron chi connectivity index (χ4n) is 2.23. The Morgan fingerprint density at radius 2 is 2.14 bits per heavy atom. The molecule has 0 aliphatic heterocycles. The van der Waals surface area contributed by atoms with Gasteiger partial charge in [-0.05, 0) is 24.6 Å². The smallest absolute Gasteiger partial charge is 0.254 e. The molecule has 0 saturated heterocycles. The maximum atomic E-state index is 13.2. The summed E-state index contributed by atoms with van der Waals surface area (Å²) < 4.78 is 31.4. The summed E-state index contributed by atoms with van der Waals surface area (Å²) in [6, 6.07) is 3.75. The molecule has 1 aliphatic rings. The van der Waals surface area contributed by atoms with Gasteiger partial charge in [0.05, 0.1) is 0 Å². The topological polar surface area (TPSA) is 51.8 Å². The van der Waals surface area contributed by atoms with E-state index in [0.29, 0.717) is 11.7 Å². The van der Waals surface area contributed by atoms with E-state index < -0.39 is 11.3 Å². The Kier molecular flexibility index (Phi) is 3.11. The lowest BCUT2D eigenvalue weighted by molar-refractivity contribution is 0.0692. The van der Waals surface area contributed by atoms with Gasteiger partial charge in [0.25, 0.3) is 11.8 Å². The summed E-state index contributed by atoms with van der Waals surface area (Å²) in [7, 11) is 0. The molecule has 1 aliphatic carbocycles. The van der Waals surface area contributed by atoms with E-state index in [2.05, 4.69) is 15.1 Å². The molecule has 110 valence electrons. The lowest BCUT2D eigenvalue weighted by Crippen LogP contribution is -2.10. The molecule has 2 aromatic heterocycles. The Morgan fingerprint density at radius 1 is 1.38 bits per heavy atom. The molecule has 4 nitrogen and oxygen atoms in total. The van der Waals surface area contributed by atoms with Crippen LogP contribution in [0.5, 0.6) is 0 Å². The zero-order chi connectivity index (χ0) is 15.1. The predicted molar refractivity (Wildman–Crippen MR) is 73.6 cm³/mol. The Labute approximate surface area is 120 Å². The summed E-state index contributed by atoms with van der Waals surface area (Å²) in [5, 5.41) is 3.76. The number of alkyl halides is 2. The van der Waals surface area contributed by atoms with Gasteiger partial charge in [0, 0.05) is 36.2 Å². The van der Waals surface area contributed by atoms with Gasteiger partial charge in [-0.25, -0.2) is 8.78 Å². The van der Waals surface area contributed by atoms with Crippen molar-refractivity contribution in [1.82, 2.24) is 15.1 Å². The molecule has 1 unspecified atom stereocenters. The summed E-state index contributed by atoms with van der Waals surface area (Å²) in [6.45, 7) is 3.44. The zero-order valence-corrected chi connectivity index (χ0v) is 11.8. The maximum Gasteiger partial charge on any atom is 0.254 e. The number of hydrogen-bond donors (Lipinski definition) is 0. The van der Waals surface area contributed by atoms with E-state index in [1.54, 1.807) is 12.3 Å². The summed E-state index contributed by atoms with van der Waals surface area (Å²) in [5.41, 5.74) is 0.800. The quantitative estimate of drug-likeness (QED) is 0.864. The minimum atomic E-state index is -2.61. The van der Waals surface area contributed by atoms with Crippen LogP contribution in [0, 0.1) is 12.3 Å². The number of aromatic nitrogens is 3. The van der Waals surface area contributed by atoms with Crippen molar-refractivity contribution in [1.29, 1.82) is 0 Å². The molecule has 1 atom stereocenters. The molecule has 6 heteroatoms. The molecule has 0 bridgehead atoms. The number of hydrogen-bond acceptors (Lipinski definition) is 4. The third-order valence-electron chi connectivity index (χ3n) is 3.86. The van der Waals surface area contributed by atoms with Crippen LogP contribution in [0.4, 0.5) is 8.78 Å². The lowest BCUT2D eigenvalue weighted by atomic mass is 10.0. The van der Waals surface area contributed by atoms with Crippen LogP contribution in [-0.4, -0.2) is 21.0 Å². The van der Waals surface area contributed by atoms with E-state index in [0.717, 1.165) is 11.3 Å². The molecule has 0 N–H and O–H groups in total. The highest BCUT2D eigenvalue weighted by molar-refractivity contribution is 5.66. The molecule has 1 fully saturated rings. The average molecular weight is 291 g/mol. The second-order valence-corrected chi connectivity index (χ2v) is 5.68. The molecule has 2 heterocycles. The van der Waals surface area contributed by atoms with Crippen molar-refractivity contribution >= 4 is 12.2 Å². The van der Waals surface area contributed by atoms with Crippen LogP contribution in [0.25, 0.3) is 12.2 Å². The Morgan fingerprint density at radius 3 is 2.81 bits per heavy atom. The average Bonchev–Trinajstić information content (AvgIpc) is 2.74. The molecule has 0 amide bonds. The molecule has 2 aromatic rings. The molecular weight excluding hydrogens is 276 g/mol. The minimum absolute atomic E-state index is 0.116. The SMILES string of the molecule is Cc1ncccc1/C=C/c1nc(CC2(C)CC2(F)F)no1. The third kappa shape index (κ3) is 2.70. The van der Waals surface area contributed by atoms with Crippen molar-refractivity contribution in [3.63, 3.8) is 0 Å². The number of halogens is 2.